The Kier molecular flexibility index (Phi) is 7.28. The summed E-state index contributed by atoms with van der Waals surface area (Å²) in [5.74, 6) is -5.56. The van der Waals surface area contributed by atoms with Gasteiger partial charge in [-0.3, -0.25) is 9.59 Å². The number of ether oxygens (including phenoxy) is 2. The first kappa shape index (κ1) is 27.4. The van der Waals surface area contributed by atoms with Gasteiger partial charge in [-0.05, 0) is 85.6 Å². The van der Waals surface area contributed by atoms with Crippen LogP contribution in [-0.4, -0.2) is 36.8 Å². The van der Waals surface area contributed by atoms with E-state index in [0.717, 1.165) is 25.8 Å². The molecule has 0 radical (unpaired) electrons. The van der Waals surface area contributed by atoms with Crippen molar-refractivity contribution in [1.82, 2.24) is 0 Å². The molecule has 0 amide bonds. The molecule has 0 aliphatic heterocycles. The van der Waals surface area contributed by atoms with Crippen LogP contribution in [0.2, 0.25) is 0 Å². The summed E-state index contributed by atoms with van der Waals surface area (Å²) in [5.41, 5.74) is 3.06. The van der Waals surface area contributed by atoms with Gasteiger partial charge in [-0.2, -0.15) is 8.78 Å². The minimum absolute atomic E-state index is 0.273. The lowest BCUT2D eigenvalue weighted by molar-refractivity contribution is -0.163. The largest absolute Gasteiger partial charge is 0.743 e. The quantitative estimate of drug-likeness (QED) is 0.150. The zero-order chi connectivity index (χ0) is 27.4. The van der Waals surface area contributed by atoms with E-state index >= 15 is 0 Å². The van der Waals surface area contributed by atoms with Gasteiger partial charge in [-0.15, -0.1) is 0 Å². The molecule has 3 aliphatic rings. The highest BCUT2D eigenvalue weighted by Gasteiger charge is 2.57. The van der Waals surface area contributed by atoms with E-state index in [0.29, 0.717) is 3.57 Å². The van der Waals surface area contributed by atoms with E-state index in [1.807, 2.05) is 34.7 Å². The molecule has 12 heteroatoms. The molecule has 0 heterocycles. The first-order chi connectivity index (χ1) is 17.9. The summed E-state index contributed by atoms with van der Waals surface area (Å²) < 4.78 is 72.7. The third kappa shape index (κ3) is 4.73. The smallest absolute Gasteiger partial charge is 0.367 e. The Morgan fingerprint density at radius 1 is 0.842 bits per heavy atom. The van der Waals surface area contributed by atoms with E-state index in [-0.39, 0.29) is 5.75 Å². The number of rotatable bonds is 6. The predicted octanol–water partition coefficient (Wildman–Crippen LogP) is 5.01. The van der Waals surface area contributed by atoms with Crippen molar-refractivity contribution in [1.29, 1.82) is 0 Å². The molecule has 3 aromatic rings. The fourth-order valence-corrected chi connectivity index (χ4v) is 7.22. The van der Waals surface area contributed by atoms with E-state index in [4.69, 9.17) is 9.47 Å². The molecule has 2 atom stereocenters. The molecule has 0 spiro atoms. The van der Waals surface area contributed by atoms with Crippen LogP contribution in [0.1, 0.15) is 34.1 Å². The third-order valence-electron chi connectivity index (χ3n) is 6.83. The average Bonchev–Trinajstić information content (AvgIpc) is 2.87. The summed E-state index contributed by atoms with van der Waals surface area (Å²) in [6, 6.07) is 19.6. The summed E-state index contributed by atoms with van der Waals surface area (Å²) in [6.45, 7) is -1.95. The minimum Gasteiger partial charge on any atom is -0.743 e. The van der Waals surface area contributed by atoms with Gasteiger partial charge in [-0.25, -0.2) is 8.42 Å². The standard InChI is InChI=1S/C26H18F2I2O7S/c27-26(28,38(33,34)35)12-36-24(31)22-20-14-5-1-3-7-16(14)21(17-8-4-2-6-15(17)20)23(22)25(32)37-19-10-9-13(29)11-18(19)30/h1-11,20-23H,12H2,(H,33,34,35)/p-1. The molecule has 7 nitrogen and oxygen atoms in total. The molecule has 0 fully saturated rings. The summed E-state index contributed by atoms with van der Waals surface area (Å²) in [4.78, 5) is 27.2. The Labute approximate surface area is 243 Å². The molecule has 0 N–H and O–H groups in total. The van der Waals surface area contributed by atoms with E-state index in [1.165, 1.54) is 0 Å². The average molecular weight is 765 g/mol. The van der Waals surface area contributed by atoms with E-state index < -0.39 is 57.6 Å². The van der Waals surface area contributed by atoms with Gasteiger partial charge in [0.2, 0.25) is 0 Å². The van der Waals surface area contributed by atoms with Crippen LogP contribution in [0.25, 0.3) is 0 Å². The summed E-state index contributed by atoms with van der Waals surface area (Å²) in [6.07, 6.45) is 0. The third-order valence-corrected chi connectivity index (χ3v) is 9.20. The Morgan fingerprint density at radius 3 is 1.76 bits per heavy atom. The number of alkyl halides is 2. The van der Waals surface area contributed by atoms with E-state index in [2.05, 4.69) is 22.6 Å². The molecule has 3 aliphatic carbocycles. The molecule has 198 valence electrons. The molecule has 6 rings (SSSR count). The van der Waals surface area contributed by atoms with Crippen LogP contribution in [0.3, 0.4) is 0 Å². The van der Waals surface area contributed by atoms with Gasteiger partial charge in [0.15, 0.2) is 16.7 Å². The van der Waals surface area contributed by atoms with Gasteiger partial charge < -0.3 is 14.0 Å². The van der Waals surface area contributed by atoms with E-state index in [9.17, 15) is 31.3 Å². The van der Waals surface area contributed by atoms with Crippen LogP contribution in [0.15, 0.2) is 66.7 Å². The fraction of sp³-hybridized carbons (Fsp3) is 0.231. The van der Waals surface area contributed by atoms with Crippen LogP contribution in [0.5, 0.6) is 5.75 Å². The van der Waals surface area contributed by atoms with Crippen molar-refractivity contribution < 1.29 is 40.8 Å². The Balaban J connectivity index is 1.59. The monoisotopic (exact) mass is 765 g/mol. The summed E-state index contributed by atoms with van der Waals surface area (Å²) in [7, 11) is -6.07. The van der Waals surface area contributed by atoms with Crippen LogP contribution in [0, 0.1) is 19.0 Å². The van der Waals surface area contributed by atoms with Gasteiger partial charge in [-0.1, -0.05) is 48.5 Å². The number of benzene rings is 3. The van der Waals surface area contributed by atoms with Crippen molar-refractivity contribution in [3.8, 4) is 5.75 Å². The summed E-state index contributed by atoms with van der Waals surface area (Å²) in [5, 5.41) is -4.82. The molecule has 2 bridgehead atoms. The van der Waals surface area contributed by atoms with Crippen LogP contribution >= 0.6 is 45.2 Å². The Hall–Kier alpha value is -2.17. The van der Waals surface area contributed by atoms with Gasteiger partial charge in [0, 0.05) is 15.4 Å². The molecule has 38 heavy (non-hydrogen) atoms. The normalized spacial score (nSPS) is 21.8. The maximum Gasteiger partial charge on any atom is 0.367 e. The number of hydrogen-bond acceptors (Lipinski definition) is 7. The Bertz CT molecular complexity index is 1510. The summed E-state index contributed by atoms with van der Waals surface area (Å²) >= 11 is 4.13. The highest BCUT2D eigenvalue weighted by Crippen LogP contribution is 2.59. The second-order valence-corrected chi connectivity index (χ2v) is 12.9. The highest BCUT2D eigenvalue weighted by molar-refractivity contribution is 14.1. The van der Waals surface area contributed by atoms with Gasteiger partial charge in [0.25, 0.3) is 0 Å². The first-order valence-corrected chi connectivity index (χ1v) is 14.8. The maximum absolute atomic E-state index is 13.9. The fourth-order valence-electron chi connectivity index (χ4n) is 5.30. The molecule has 0 saturated heterocycles. The minimum atomic E-state index is -6.07. The number of carbonyl (C=O) groups excluding carboxylic acids is 2. The number of halogens is 4. The molecule has 2 unspecified atom stereocenters. The number of hydrogen-bond donors (Lipinski definition) is 0. The van der Waals surface area contributed by atoms with Crippen molar-refractivity contribution in [2.24, 2.45) is 11.8 Å². The van der Waals surface area contributed by atoms with Crippen LogP contribution in [0.4, 0.5) is 8.78 Å². The van der Waals surface area contributed by atoms with Crippen molar-refractivity contribution in [2.75, 3.05) is 6.61 Å². The number of fused-ring (bicyclic) bond motifs is 1. The van der Waals surface area contributed by atoms with Gasteiger partial charge >= 0.3 is 17.2 Å². The van der Waals surface area contributed by atoms with Gasteiger partial charge in [0.1, 0.15) is 5.75 Å². The van der Waals surface area contributed by atoms with Gasteiger partial charge in [0.05, 0.1) is 15.4 Å². The van der Waals surface area contributed by atoms with E-state index in [1.54, 1.807) is 54.6 Å². The SMILES string of the molecule is O=C(OCC(F)(F)S(=O)(=O)[O-])C1C2c3ccccc3C(c3ccccc32)C1C(=O)Oc1ccc(I)cc1I. The molecule has 3 aromatic carbocycles. The number of esters is 2. The zero-order valence-electron chi connectivity index (χ0n) is 19.1. The topological polar surface area (TPSA) is 110 Å². The maximum atomic E-state index is 13.9. The number of carbonyl (C=O) groups is 2. The molecule has 0 aromatic heterocycles. The second-order valence-electron chi connectivity index (χ2n) is 8.96. The predicted molar refractivity (Wildman–Crippen MR) is 147 cm³/mol. The molecule has 0 saturated carbocycles. The first-order valence-electron chi connectivity index (χ1n) is 11.2. The van der Waals surface area contributed by atoms with Crippen LogP contribution in [-0.2, 0) is 24.4 Å². The lowest BCUT2D eigenvalue weighted by Gasteiger charge is -2.48. The van der Waals surface area contributed by atoms with Crippen molar-refractivity contribution >= 4 is 67.2 Å². The highest BCUT2D eigenvalue weighted by atomic mass is 127. The Morgan fingerprint density at radius 2 is 1.32 bits per heavy atom. The van der Waals surface area contributed by atoms with Crippen LogP contribution < -0.4 is 4.74 Å². The lowest BCUT2D eigenvalue weighted by atomic mass is 9.54. The van der Waals surface area contributed by atoms with Crippen molar-refractivity contribution in [3.63, 3.8) is 0 Å². The molecular weight excluding hydrogens is 748 g/mol. The zero-order valence-corrected chi connectivity index (χ0v) is 24.3. The van der Waals surface area contributed by atoms with Crippen molar-refractivity contribution in [2.45, 2.75) is 17.1 Å². The second kappa shape index (κ2) is 10.1. The lowest BCUT2D eigenvalue weighted by Crippen LogP contribution is -2.49. The van der Waals surface area contributed by atoms with Crippen molar-refractivity contribution in [3.05, 3.63) is 96.1 Å². The molecular formula is C26H17F2I2O7S-.